The van der Waals surface area contributed by atoms with E-state index in [1.165, 1.54) is 10.7 Å². The summed E-state index contributed by atoms with van der Waals surface area (Å²) >= 11 is 0. The van der Waals surface area contributed by atoms with E-state index in [0.717, 1.165) is 31.5 Å². The topological polar surface area (TPSA) is 70.2 Å². The van der Waals surface area contributed by atoms with E-state index >= 15 is 0 Å². The first kappa shape index (κ1) is 21.8. The van der Waals surface area contributed by atoms with Gasteiger partial charge in [0.15, 0.2) is 0 Å². The van der Waals surface area contributed by atoms with E-state index in [4.69, 9.17) is 4.74 Å². The Morgan fingerprint density at radius 2 is 1.61 bits per heavy atom. The largest absolute Gasteiger partial charge is 0.497 e. The molecule has 166 valence electrons. The highest BCUT2D eigenvalue weighted by Crippen LogP contribution is 2.35. The summed E-state index contributed by atoms with van der Waals surface area (Å²) in [4.78, 5) is 17.4. The standard InChI is InChI=1S/C23H29N3O4S/c1-30-20-12-10-19(11-13-20)23-25(22(27)18-24-14-6-3-7-15-24)16-17-26(23)31(28,29)21-8-4-2-5-9-21/h2,4-5,8-13,23H,3,6-7,14-18H2,1H3. The maximum atomic E-state index is 13.5. The average Bonchev–Trinajstić information content (AvgIpc) is 3.27. The fourth-order valence-corrected chi connectivity index (χ4v) is 5.96. The van der Waals surface area contributed by atoms with Gasteiger partial charge in [0, 0.05) is 13.1 Å². The molecule has 2 fully saturated rings. The van der Waals surface area contributed by atoms with Crippen molar-refractivity contribution >= 4 is 15.9 Å². The number of rotatable bonds is 6. The van der Waals surface area contributed by atoms with Gasteiger partial charge >= 0.3 is 0 Å². The molecule has 2 saturated heterocycles. The minimum Gasteiger partial charge on any atom is -0.497 e. The fourth-order valence-electron chi connectivity index (χ4n) is 4.37. The third kappa shape index (κ3) is 4.61. The molecule has 2 aliphatic rings. The molecule has 0 N–H and O–H groups in total. The molecule has 1 atom stereocenters. The van der Waals surface area contributed by atoms with Gasteiger partial charge in [0.1, 0.15) is 11.9 Å². The molecule has 2 heterocycles. The van der Waals surface area contributed by atoms with Crippen LogP contribution >= 0.6 is 0 Å². The Hall–Kier alpha value is -2.42. The maximum Gasteiger partial charge on any atom is 0.245 e. The smallest absolute Gasteiger partial charge is 0.245 e. The van der Waals surface area contributed by atoms with Crippen molar-refractivity contribution < 1.29 is 17.9 Å². The molecule has 0 aliphatic carbocycles. The van der Waals surface area contributed by atoms with Crippen LogP contribution in [0.5, 0.6) is 5.75 Å². The summed E-state index contributed by atoms with van der Waals surface area (Å²) in [5.41, 5.74) is 0.754. The molecule has 2 aromatic carbocycles. The number of sulfonamides is 1. The van der Waals surface area contributed by atoms with Crippen LogP contribution in [-0.2, 0) is 14.8 Å². The summed E-state index contributed by atoms with van der Waals surface area (Å²) in [7, 11) is -2.17. The summed E-state index contributed by atoms with van der Waals surface area (Å²) in [5, 5.41) is 0. The molecule has 31 heavy (non-hydrogen) atoms. The van der Waals surface area contributed by atoms with E-state index in [1.807, 2.05) is 12.1 Å². The Bertz CT molecular complexity index is 989. The zero-order chi connectivity index (χ0) is 21.8. The van der Waals surface area contributed by atoms with Gasteiger partial charge in [-0.1, -0.05) is 36.8 Å². The molecule has 8 heteroatoms. The van der Waals surface area contributed by atoms with Crippen LogP contribution in [-0.4, -0.2) is 68.3 Å². The molecule has 0 aromatic heterocycles. The Kier molecular flexibility index (Phi) is 6.60. The highest BCUT2D eigenvalue weighted by Gasteiger charge is 2.43. The van der Waals surface area contributed by atoms with Crippen LogP contribution in [0.3, 0.4) is 0 Å². The third-order valence-corrected chi connectivity index (χ3v) is 7.89. The quantitative estimate of drug-likeness (QED) is 0.687. The molecular weight excluding hydrogens is 414 g/mol. The third-order valence-electron chi connectivity index (χ3n) is 6.02. The van der Waals surface area contributed by atoms with Crippen molar-refractivity contribution in [1.29, 1.82) is 0 Å². The summed E-state index contributed by atoms with van der Waals surface area (Å²) in [6.45, 7) is 2.79. The SMILES string of the molecule is COc1ccc(C2N(C(=O)CN3CCCCC3)CCN2S(=O)(=O)c2ccccc2)cc1. The number of ether oxygens (including phenoxy) is 1. The monoisotopic (exact) mass is 443 g/mol. The van der Waals surface area contributed by atoms with E-state index in [-0.39, 0.29) is 17.3 Å². The molecule has 1 unspecified atom stereocenters. The molecule has 2 aliphatic heterocycles. The Morgan fingerprint density at radius 1 is 0.935 bits per heavy atom. The maximum absolute atomic E-state index is 13.5. The number of nitrogens with zero attached hydrogens (tertiary/aromatic N) is 3. The Morgan fingerprint density at radius 3 is 2.26 bits per heavy atom. The highest BCUT2D eigenvalue weighted by atomic mass is 32.2. The van der Waals surface area contributed by atoms with Crippen molar-refractivity contribution in [3.8, 4) is 5.75 Å². The van der Waals surface area contributed by atoms with Gasteiger partial charge in [-0.25, -0.2) is 8.42 Å². The normalized spacial score (nSPS) is 20.7. The molecule has 1 amide bonds. The van der Waals surface area contributed by atoms with Crippen LogP contribution in [0.1, 0.15) is 31.0 Å². The van der Waals surface area contributed by atoms with Crippen molar-refractivity contribution in [2.24, 2.45) is 0 Å². The minimum atomic E-state index is -3.76. The van der Waals surface area contributed by atoms with Crippen molar-refractivity contribution in [3.63, 3.8) is 0 Å². The van der Waals surface area contributed by atoms with Gasteiger partial charge < -0.3 is 9.64 Å². The van der Waals surface area contributed by atoms with Gasteiger partial charge in [-0.3, -0.25) is 9.69 Å². The van der Waals surface area contributed by atoms with Crippen LogP contribution in [0.15, 0.2) is 59.5 Å². The highest BCUT2D eigenvalue weighted by molar-refractivity contribution is 7.89. The minimum absolute atomic E-state index is 0.0338. The zero-order valence-electron chi connectivity index (χ0n) is 17.8. The first-order valence-electron chi connectivity index (χ1n) is 10.7. The number of likely N-dealkylation sites (tertiary alicyclic amines) is 1. The van der Waals surface area contributed by atoms with E-state index in [0.29, 0.717) is 18.8 Å². The lowest BCUT2D eigenvalue weighted by atomic mass is 10.1. The van der Waals surface area contributed by atoms with Gasteiger partial charge in [0.25, 0.3) is 0 Å². The summed E-state index contributed by atoms with van der Waals surface area (Å²) in [6.07, 6.45) is 2.73. The zero-order valence-corrected chi connectivity index (χ0v) is 18.6. The van der Waals surface area contributed by atoms with Gasteiger partial charge in [-0.05, 0) is 55.8 Å². The van der Waals surface area contributed by atoms with Gasteiger partial charge in [0.2, 0.25) is 15.9 Å². The van der Waals surface area contributed by atoms with Crippen molar-refractivity contribution in [2.45, 2.75) is 30.3 Å². The lowest BCUT2D eigenvalue weighted by Gasteiger charge is -2.33. The van der Waals surface area contributed by atoms with Crippen LogP contribution in [0, 0.1) is 0 Å². The summed E-state index contributed by atoms with van der Waals surface area (Å²) < 4.78 is 33.6. The fraction of sp³-hybridized carbons (Fsp3) is 0.435. The van der Waals surface area contributed by atoms with Gasteiger partial charge in [-0.2, -0.15) is 4.31 Å². The molecule has 0 radical (unpaired) electrons. The number of carbonyl (C=O) groups is 1. The van der Waals surface area contributed by atoms with Crippen molar-refractivity contribution in [2.75, 3.05) is 39.8 Å². The number of benzene rings is 2. The molecular formula is C23H29N3O4S. The van der Waals surface area contributed by atoms with Crippen molar-refractivity contribution in [1.82, 2.24) is 14.1 Å². The average molecular weight is 444 g/mol. The molecule has 4 rings (SSSR count). The number of methoxy groups -OCH3 is 1. The summed E-state index contributed by atoms with van der Waals surface area (Å²) in [5.74, 6) is 0.652. The molecule has 2 aromatic rings. The van der Waals surface area contributed by atoms with Crippen LogP contribution < -0.4 is 4.74 Å². The Balaban J connectivity index is 1.65. The predicted molar refractivity (Wildman–Crippen MR) is 118 cm³/mol. The lowest BCUT2D eigenvalue weighted by Crippen LogP contribution is -2.44. The number of carbonyl (C=O) groups excluding carboxylic acids is 1. The first-order chi connectivity index (χ1) is 15.0. The van der Waals surface area contributed by atoms with E-state index in [1.54, 1.807) is 54.5 Å². The molecule has 0 spiro atoms. The van der Waals surface area contributed by atoms with Crippen LogP contribution in [0.4, 0.5) is 0 Å². The van der Waals surface area contributed by atoms with Crippen LogP contribution in [0.2, 0.25) is 0 Å². The van der Waals surface area contributed by atoms with E-state index in [2.05, 4.69) is 4.90 Å². The molecule has 0 bridgehead atoms. The van der Waals surface area contributed by atoms with E-state index in [9.17, 15) is 13.2 Å². The number of amides is 1. The van der Waals surface area contributed by atoms with Crippen molar-refractivity contribution in [3.05, 3.63) is 60.2 Å². The Labute approximate surface area is 184 Å². The number of piperidine rings is 1. The van der Waals surface area contributed by atoms with Crippen LogP contribution in [0.25, 0.3) is 0 Å². The second kappa shape index (κ2) is 9.38. The second-order valence-corrected chi connectivity index (χ2v) is 9.89. The first-order valence-corrected chi connectivity index (χ1v) is 12.2. The summed E-state index contributed by atoms with van der Waals surface area (Å²) in [6, 6.07) is 15.7. The number of hydrogen-bond donors (Lipinski definition) is 0. The van der Waals surface area contributed by atoms with Gasteiger partial charge in [0.05, 0.1) is 18.6 Å². The second-order valence-electron chi connectivity index (χ2n) is 8.00. The molecule has 7 nitrogen and oxygen atoms in total. The van der Waals surface area contributed by atoms with Gasteiger partial charge in [-0.15, -0.1) is 0 Å². The lowest BCUT2D eigenvalue weighted by molar-refractivity contribution is -0.134. The number of hydrogen-bond acceptors (Lipinski definition) is 5. The van der Waals surface area contributed by atoms with E-state index < -0.39 is 16.2 Å². The predicted octanol–water partition coefficient (Wildman–Crippen LogP) is 2.71. The molecule has 0 saturated carbocycles.